The van der Waals surface area contributed by atoms with Crippen molar-refractivity contribution in [3.63, 3.8) is 0 Å². The van der Waals surface area contributed by atoms with Crippen molar-refractivity contribution in [2.75, 3.05) is 0 Å². The van der Waals surface area contributed by atoms with Gasteiger partial charge in [0.25, 0.3) is 0 Å². The molecule has 0 aromatic heterocycles. The smallest absolute Gasteiger partial charge is 0.200 e. The molecular formula is C10H13ClN4. The number of nitrogens with two attached hydrogens (primary N) is 1. The topological polar surface area (TPSA) is 65.1 Å². The predicted molar refractivity (Wildman–Crippen MR) is 60.5 cm³/mol. The third kappa shape index (κ3) is 1.78. The second-order valence-electron chi connectivity index (χ2n) is 3.64. The molecule has 0 spiro atoms. The SMILES string of the molecule is CC1c2c(Cl)cccc2CN1NC(=N)N. The van der Waals surface area contributed by atoms with Crippen LogP contribution in [0.1, 0.15) is 24.1 Å². The van der Waals surface area contributed by atoms with Crippen molar-refractivity contribution in [1.82, 2.24) is 10.4 Å². The van der Waals surface area contributed by atoms with E-state index in [1.54, 1.807) is 0 Å². The molecule has 1 aromatic rings. The lowest BCUT2D eigenvalue weighted by molar-refractivity contribution is 0.189. The fraction of sp³-hybridized carbons (Fsp3) is 0.300. The van der Waals surface area contributed by atoms with Crippen LogP contribution in [0.2, 0.25) is 5.02 Å². The normalized spacial score (nSPS) is 20.0. The summed E-state index contributed by atoms with van der Waals surface area (Å²) in [7, 11) is 0. The first-order valence-corrected chi connectivity index (χ1v) is 5.12. The third-order valence-electron chi connectivity index (χ3n) is 2.63. The zero-order valence-corrected chi connectivity index (χ0v) is 9.17. The van der Waals surface area contributed by atoms with Crippen LogP contribution < -0.4 is 11.2 Å². The maximum atomic E-state index is 7.20. The van der Waals surface area contributed by atoms with Gasteiger partial charge in [-0.1, -0.05) is 23.7 Å². The van der Waals surface area contributed by atoms with Gasteiger partial charge < -0.3 is 5.73 Å². The molecule has 80 valence electrons. The average Bonchev–Trinajstić information content (AvgIpc) is 2.44. The molecule has 0 amide bonds. The Morgan fingerprint density at radius 1 is 1.67 bits per heavy atom. The maximum Gasteiger partial charge on any atom is 0.200 e. The fourth-order valence-electron chi connectivity index (χ4n) is 1.95. The Kier molecular flexibility index (Phi) is 2.54. The van der Waals surface area contributed by atoms with E-state index in [1.165, 1.54) is 5.56 Å². The van der Waals surface area contributed by atoms with E-state index in [-0.39, 0.29) is 12.0 Å². The van der Waals surface area contributed by atoms with Crippen LogP contribution in [0.3, 0.4) is 0 Å². The summed E-state index contributed by atoms with van der Waals surface area (Å²) in [5, 5.41) is 9.87. The zero-order valence-electron chi connectivity index (χ0n) is 8.42. The summed E-state index contributed by atoms with van der Waals surface area (Å²) in [6, 6.07) is 6.00. The molecule has 1 aromatic carbocycles. The molecule has 0 aliphatic carbocycles. The number of rotatable bonds is 1. The first-order valence-electron chi connectivity index (χ1n) is 4.74. The van der Waals surface area contributed by atoms with Crippen molar-refractivity contribution in [3.05, 3.63) is 34.3 Å². The molecule has 5 heteroatoms. The molecule has 1 unspecified atom stereocenters. The predicted octanol–water partition coefficient (Wildman–Crippen LogP) is 1.61. The minimum Gasteiger partial charge on any atom is -0.369 e. The molecule has 1 atom stereocenters. The van der Waals surface area contributed by atoms with Gasteiger partial charge in [0.2, 0.25) is 5.96 Å². The van der Waals surface area contributed by atoms with Crippen LogP contribution in [0, 0.1) is 5.41 Å². The van der Waals surface area contributed by atoms with Crippen LogP contribution in [-0.2, 0) is 6.54 Å². The Morgan fingerprint density at radius 3 is 3.00 bits per heavy atom. The van der Waals surface area contributed by atoms with Crippen molar-refractivity contribution in [2.24, 2.45) is 5.73 Å². The maximum absolute atomic E-state index is 7.20. The molecule has 1 aliphatic heterocycles. The highest BCUT2D eigenvalue weighted by Gasteiger charge is 2.28. The first kappa shape index (κ1) is 10.3. The zero-order chi connectivity index (χ0) is 11.0. The minimum atomic E-state index is -0.0502. The standard InChI is InChI=1S/C10H13ClN4/c1-6-9-7(3-2-4-8(9)11)5-15(6)14-10(12)13/h2-4,6H,5H2,1H3,(H4,12,13,14). The highest BCUT2D eigenvalue weighted by Crippen LogP contribution is 2.36. The van der Waals surface area contributed by atoms with E-state index in [0.29, 0.717) is 0 Å². The number of hydrazine groups is 1. The van der Waals surface area contributed by atoms with E-state index < -0.39 is 0 Å². The van der Waals surface area contributed by atoms with E-state index in [0.717, 1.165) is 17.1 Å². The lowest BCUT2D eigenvalue weighted by Gasteiger charge is -2.22. The van der Waals surface area contributed by atoms with E-state index in [2.05, 4.69) is 5.43 Å². The second-order valence-corrected chi connectivity index (χ2v) is 4.05. The van der Waals surface area contributed by atoms with Crippen LogP contribution in [0.5, 0.6) is 0 Å². The lowest BCUT2D eigenvalue weighted by atomic mass is 10.1. The molecule has 1 heterocycles. The Bertz CT molecular complexity index is 404. The molecule has 15 heavy (non-hydrogen) atoms. The number of guanidine groups is 1. The van der Waals surface area contributed by atoms with E-state index in [1.807, 2.05) is 30.1 Å². The molecule has 4 N–H and O–H groups in total. The van der Waals surface area contributed by atoms with Gasteiger partial charge in [0, 0.05) is 11.6 Å². The van der Waals surface area contributed by atoms with Crippen LogP contribution in [0.4, 0.5) is 0 Å². The Balaban J connectivity index is 2.29. The Labute approximate surface area is 93.5 Å². The summed E-state index contributed by atoms with van der Waals surface area (Å²) >= 11 is 6.13. The fourth-order valence-corrected chi connectivity index (χ4v) is 2.31. The average molecular weight is 225 g/mol. The molecule has 1 aliphatic rings. The van der Waals surface area contributed by atoms with Crippen molar-refractivity contribution in [2.45, 2.75) is 19.5 Å². The molecule has 0 bridgehead atoms. The van der Waals surface area contributed by atoms with Gasteiger partial charge in [0.15, 0.2) is 0 Å². The summed E-state index contributed by atoms with van der Waals surface area (Å²) in [5.41, 5.74) is 10.4. The number of nitrogens with one attached hydrogen (secondary N) is 2. The van der Waals surface area contributed by atoms with E-state index in [4.69, 9.17) is 22.7 Å². The minimum absolute atomic E-state index is 0.0502. The van der Waals surface area contributed by atoms with Crippen LogP contribution in [-0.4, -0.2) is 11.0 Å². The van der Waals surface area contributed by atoms with E-state index >= 15 is 0 Å². The van der Waals surface area contributed by atoms with Crippen molar-refractivity contribution >= 4 is 17.6 Å². The molecule has 2 rings (SSSR count). The van der Waals surface area contributed by atoms with Gasteiger partial charge >= 0.3 is 0 Å². The van der Waals surface area contributed by atoms with Crippen LogP contribution in [0.15, 0.2) is 18.2 Å². The third-order valence-corrected chi connectivity index (χ3v) is 2.96. The van der Waals surface area contributed by atoms with Gasteiger partial charge in [0.1, 0.15) is 0 Å². The number of nitrogens with zero attached hydrogens (tertiary/aromatic N) is 1. The van der Waals surface area contributed by atoms with Crippen molar-refractivity contribution in [1.29, 1.82) is 5.41 Å². The number of hydrogen-bond acceptors (Lipinski definition) is 2. The van der Waals surface area contributed by atoms with Gasteiger partial charge in [-0.2, -0.15) is 0 Å². The molecule has 0 saturated heterocycles. The highest BCUT2D eigenvalue weighted by atomic mass is 35.5. The largest absolute Gasteiger partial charge is 0.369 e. The molecule has 0 radical (unpaired) electrons. The number of hydrogen-bond donors (Lipinski definition) is 3. The lowest BCUT2D eigenvalue weighted by Crippen LogP contribution is -2.43. The Morgan fingerprint density at radius 2 is 2.40 bits per heavy atom. The second kappa shape index (κ2) is 3.72. The quantitative estimate of drug-likeness (QED) is 0.502. The monoisotopic (exact) mass is 224 g/mol. The molecule has 0 saturated carbocycles. The van der Waals surface area contributed by atoms with Crippen LogP contribution >= 0.6 is 11.6 Å². The van der Waals surface area contributed by atoms with Crippen molar-refractivity contribution < 1.29 is 0 Å². The van der Waals surface area contributed by atoms with Crippen molar-refractivity contribution in [3.8, 4) is 0 Å². The first-order chi connectivity index (χ1) is 7.09. The summed E-state index contributed by atoms with van der Waals surface area (Å²) in [5.74, 6) is -0.0502. The van der Waals surface area contributed by atoms with Gasteiger partial charge in [-0.15, -0.1) is 0 Å². The summed E-state index contributed by atoms with van der Waals surface area (Å²) in [6.07, 6.45) is 0. The molecule has 4 nitrogen and oxygen atoms in total. The number of benzene rings is 1. The number of halogens is 1. The summed E-state index contributed by atoms with van der Waals surface area (Å²) in [4.78, 5) is 0. The van der Waals surface area contributed by atoms with Gasteiger partial charge in [-0.3, -0.25) is 10.8 Å². The summed E-state index contributed by atoms with van der Waals surface area (Å²) < 4.78 is 0. The molecule has 0 fully saturated rings. The highest BCUT2D eigenvalue weighted by molar-refractivity contribution is 6.31. The number of fused-ring (bicyclic) bond motifs is 1. The summed E-state index contributed by atoms with van der Waals surface area (Å²) in [6.45, 7) is 2.75. The molecular weight excluding hydrogens is 212 g/mol. The van der Waals surface area contributed by atoms with Crippen LogP contribution in [0.25, 0.3) is 0 Å². The van der Waals surface area contributed by atoms with Gasteiger partial charge in [0.05, 0.1) is 6.04 Å². The van der Waals surface area contributed by atoms with E-state index in [9.17, 15) is 0 Å². The van der Waals surface area contributed by atoms with Gasteiger partial charge in [-0.25, -0.2) is 5.01 Å². The van der Waals surface area contributed by atoms with Gasteiger partial charge in [-0.05, 0) is 24.1 Å². The Hall–Kier alpha value is -1.26.